The Morgan fingerprint density at radius 1 is 0.973 bits per heavy atom. The molecule has 2 amide bonds. The molecule has 3 aromatic rings. The smallest absolute Gasteiger partial charge is 0.337 e. The minimum Gasteiger partial charge on any atom is -0.506 e. The van der Waals surface area contributed by atoms with Crippen LogP contribution in [0.15, 0.2) is 66.7 Å². The minimum atomic E-state index is -0.500. The fourth-order valence-electron chi connectivity index (χ4n) is 4.09. The molecule has 0 atom stereocenters. The van der Waals surface area contributed by atoms with Gasteiger partial charge in [0, 0.05) is 24.4 Å². The molecule has 37 heavy (non-hydrogen) atoms. The summed E-state index contributed by atoms with van der Waals surface area (Å²) in [5.74, 6) is -1.09. The summed E-state index contributed by atoms with van der Waals surface area (Å²) >= 11 is 0. The molecule has 1 heterocycles. The topological polar surface area (TPSA) is 111 Å². The lowest BCUT2D eigenvalue weighted by Crippen LogP contribution is -2.35. The van der Waals surface area contributed by atoms with Crippen molar-refractivity contribution in [1.82, 2.24) is 4.90 Å². The Balaban J connectivity index is 1.75. The summed E-state index contributed by atoms with van der Waals surface area (Å²) in [4.78, 5) is 40.7. The zero-order valence-corrected chi connectivity index (χ0v) is 21.0. The van der Waals surface area contributed by atoms with Crippen molar-refractivity contribution in [2.24, 2.45) is 0 Å². The van der Waals surface area contributed by atoms with Crippen molar-refractivity contribution in [3.05, 3.63) is 83.4 Å². The van der Waals surface area contributed by atoms with Gasteiger partial charge in [-0.2, -0.15) is 0 Å². The Hall–Kier alpha value is -4.63. The zero-order chi connectivity index (χ0) is 26.7. The third kappa shape index (κ3) is 5.31. The normalized spacial score (nSPS) is 13.6. The molecule has 9 nitrogen and oxygen atoms in total. The fraction of sp³-hybridized carbons (Fsp3) is 0.179. The van der Waals surface area contributed by atoms with E-state index in [9.17, 15) is 19.5 Å². The number of ether oxygens (including phenoxy) is 1. The summed E-state index contributed by atoms with van der Waals surface area (Å²) in [6.07, 6.45) is 0. The van der Waals surface area contributed by atoms with E-state index in [0.717, 1.165) is 5.56 Å². The molecule has 0 bridgehead atoms. The van der Waals surface area contributed by atoms with Gasteiger partial charge in [0.05, 0.1) is 41.9 Å². The first-order valence-electron chi connectivity index (χ1n) is 11.5. The van der Waals surface area contributed by atoms with Gasteiger partial charge in [-0.3, -0.25) is 9.59 Å². The molecule has 4 rings (SSSR count). The molecule has 1 aliphatic heterocycles. The average molecular weight is 501 g/mol. The number of phenols is 1. The van der Waals surface area contributed by atoms with E-state index in [2.05, 4.69) is 10.6 Å². The lowest BCUT2D eigenvalue weighted by Gasteiger charge is -2.21. The van der Waals surface area contributed by atoms with Crippen LogP contribution in [0.25, 0.3) is 11.3 Å². The largest absolute Gasteiger partial charge is 0.506 e. The molecule has 9 heteroatoms. The van der Waals surface area contributed by atoms with Gasteiger partial charge in [-0.05, 0) is 43.9 Å². The highest BCUT2D eigenvalue weighted by Gasteiger charge is 2.29. The average Bonchev–Trinajstić information content (AvgIpc) is 3.21. The third-order valence-electron chi connectivity index (χ3n) is 5.93. The summed E-state index contributed by atoms with van der Waals surface area (Å²) in [6, 6.07) is 19.1. The van der Waals surface area contributed by atoms with Gasteiger partial charge >= 0.3 is 5.97 Å². The van der Waals surface area contributed by atoms with Crippen molar-refractivity contribution in [3.63, 3.8) is 0 Å². The molecule has 1 aliphatic rings. The number of amides is 2. The number of hydrogen-bond acceptors (Lipinski definition) is 7. The molecule has 0 radical (unpaired) electrons. The molecule has 0 saturated carbocycles. The Bertz CT molecular complexity index is 1400. The van der Waals surface area contributed by atoms with Crippen LogP contribution in [0.1, 0.15) is 21.5 Å². The molecule has 0 saturated heterocycles. The number of rotatable bonds is 7. The summed E-state index contributed by atoms with van der Waals surface area (Å²) in [5, 5.41) is 16.8. The second-order valence-corrected chi connectivity index (χ2v) is 8.84. The molecule has 0 spiro atoms. The van der Waals surface area contributed by atoms with Gasteiger partial charge in [0.25, 0.3) is 5.91 Å². The van der Waals surface area contributed by atoms with Gasteiger partial charge in [0.1, 0.15) is 5.75 Å². The molecule has 0 unspecified atom stereocenters. The second kappa shape index (κ2) is 10.5. The number of carbonyl (C=O) groups is 3. The number of methoxy groups -OCH3 is 1. The van der Waals surface area contributed by atoms with Crippen LogP contribution in [0, 0.1) is 0 Å². The molecule has 3 N–H and O–H groups in total. The minimum absolute atomic E-state index is 0.0870. The number of esters is 1. The van der Waals surface area contributed by atoms with Crippen molar-refractivity contribution in [1.29, 1.82) is 0 Å². The van der Waals surface area contributed by atoms with Crippen LogP contribution in [0.2, 0.25) is 0 Å². The molecular formula is C28H28N4O5. The van der Waals surface area contributed by atoms with Crippen molar-refractivity contribution >= 4 is 46.1 Å². The number of fused-ring (bicyclic) bond motifs is 1. The number of nitrogens with zero attached hydrogens (tertiary/aromatic N) is 2. The maximum Gasteiger partial charge on any atom is 0.337 e. The zero-order valence-electron chi connectivity index (χ0n) is 21.0. The van der Waals surface area contributed by atoms with Gasteiger partial charge in [0.2, 0.25) is 5.91 Å². The molecular weight excluding hydrogens is 472 g/mol. The van der Waals surface area contributed by atoms with Crippen LogP contribution in [0.5, 0.6) is 5.75 Å². The molecule has 0 fully saturated rings. The summed E-state index contributed by atoms with van der Waals surface area (Å²) in [7, 11) is 6.50. The first-order chi connectivity index (χ1) is 17.7. The van der Waals surface area contributed by atoms with Crippen molar-refractivity contribution in [2.75, 3.05) is 50.3 Å². The molecule has 0 aliphatic carbocycles. The van der Waals surface area contributed by atoms with E-state index in [1.165, 1.54) is 18.1 Å². The van der Waals surface area contributed by atoms with Gasteiger partial charge in [-0.25, -0.2) is 4.79 Å². The second-order valence-electron chi connectivity index (χ2n) is 8.84. The number of anilines is 3. The van der Waals surface area contributed by atoms with Crippen LogP contribution in [0.4, 0.5) is 17.1 Å². The standard InChI is InChI=1S/C28H28N4O5/c1-31(2)16-24(34)32(3)22-13-11-19(15-23(22)33)29-26(17-8-6-5-7-9-17)25-20-12-10-18(28(36)37-4)14-21(20)30-27(25)35/h5-15,29,33H,16H2,1-4H3,(H,30,35)/b26-25+. The maximum atomic E-state index is 13.1. The van der Waals surface area contributed by atoms with E-state index in [4.69, 9.17) is 4.74 Å². The Morgan fingerprint density at radius 3 is 2.35 bits per heavy atom. The van der Waals surface area contributed by atoms with Gasteiger partial charge < -0.3 is 30.3 Å². The lowest BCUT2D eigenvalue weighted by atomic mass is 9.99. The highest BCUT2D eigenvalue weighted by atomic mass is 16.5. The molecule has 3 aromatic carbocycles. The quantitative estimate of drug-likeness (QED) is 0.336. The lowest BCUT2D eigenvalue weighted by molar-refractivity contribution is -0.119. The van der Waals surface area contributed by atoms with Gasteiger partial charge in [-0.1, -0.05) is 36.4 Å². The number of carbonyl (C=O) groups excluding carboxylic acids is 3. The SMILES string of the molecule is COC(=O)c1ccc2c(c1)NC(=O)/C2=C(/Nc1ccc(N(C)C(=O)CN(C)C)c(O)c1)c1ccccc1. The van der Waals surface area contributed by atoms with Crippen LogP contribution < -0.4 is 15.5 Å². The van der Waals surface area contributed by atoms with Crippen molar-refractivity contribution < 1.29 is 24.2 Å². The van der Waals surface area contributed by atoms with Crippen LogP contribution >= 0.6 is 0 Å². The first-order valence-corrected chi connectivity index (χ1v) is 11.5. The van der Waals surface area contributed by atoms with E-state index >= 15 is 0 Å². The van der Waals surface area contributed by atoms with Gasteiger partial charge in [0.15, 0.2) is 0 Å². The van der Waals surface area contributed by atoms with E-state index in [1.54, 1.807) is 56.4 Å². The summed E-state index contributed by atoms with van der Waals surface area (Å²) in [5.41, 5.74) is 3.99. The Morgan fingerprint density at radius 2 is 1.70 bits per heavy atom. The Labute approximate surface area is 215 Å². The molecule has 0 aromatic heterocycles. The number of nitrogens with one attached hydrogen (secondary N) is 2. The van der Waals surface area contributed by atoms with Crippen LogP contribution in [0.3, 0.4) is 0 Å². The van der Waals surface area contributed by atoms with E-state index in [-0.39, 0.29) is 24.1 Å². The number of hydrogen-bond donors (Lipinski definition) is 3. The van der Waals surface area contributed by atoms with Crippen LogP contribution in [-0.4, -0.2) is 62.6 Å². The van der Waals surface area contributed by atoms with Gasteiger partial charge in [-0.15, -0.1) is 0 Å². The summed E-state index contributed by atoms with van der Waals surface area (Å²) in [6.45, 7) is 0.201. The highest BCUT2D eigenvalue weighted by Crippen LogP contribution is 2.39. The third-order valence-corrected chi connectivity index (χ3v) is 5.93. The number of phenolic OH excluding ortho intramolecular Hbond substituents is 1. The maximum absolute atomic E-state index is 13.1. The Kier molecular flexibility index (Phi) is 7.26. The number of likely N-dealkylation sites (N-methyl/N-ethyl adjacent to an activating group) is 2. The fourth-order valence-corrected chi connectivity index (χ4v) is 4.09. The number of aromatic hydroxyl groups is 1. The number of benzene rings is 3. The van der Waals surface area contributed by atoms with Crippen molar-refractivity contribution in [3.8, 4) is 5.75 Å². The summed E-state index contributed by atoms with van der Waals surface area (Å²) < 4.78 is 4.79. The predicted molar refractivity (Wildman–Crippen MR) is 143 cm³/mol. The van der Waals surface area contributed by atoms with Crippen molar-refractivity contribution in [2.45, 2.75) is 0 Å². The van der Waals surface area contributed by atoms with E-state index < -0.39 is 5.97 Å². The monoisotopic (exact) mass is 500 g/mol. The van der Waals surface area contributed by atoms with E-state index in [1.807, 2.05) is 30.3 Å². The van der Waals surface area contributed by atoms with E-state index in [0.29, 0.717) is 39.5 Å². The molecule has 190 valence electrons. The first kappa shape index (κ1) is 25.5. The van der Waals surface area contributed by atoms with Crippen LogP contribution in [-0.2, 0) is 14.3 Å². The highest BCUT2D eigenvalue weighted by molar-refractivity contribution is 6.37. The predicted octanol–water partition coefficient (Wildman–Crippen LogP) is 3.64.